The summed E-state index contributed by atoms with van der Waals surface area (Å²) < 4.78 is 37.0. The fourth-order valence-corrected chi connectivity index (χ4v) is 5.08. The number of benzene rings is 1. The fraction of sp³-hybridized carbons (Fsp3) is 0.478. The number of carbonyl (C=O) groups excluding carboxylic acids is 1. The van der Waals surface area contributed by atoms with Crippen molar-refractivity contribution in [2.75, 3.05) is 6.61 Å². The summed E-state index contributed by atoms with van der Waals surface area (Å²) in [7, 11) is 0. The molecule has 2 N–H and O–H groups in total. The van der Waals surface area contributed by atoms with Gasteiger partial charge in [-0.15, -0.1) is 0 Å². The average Bonchev–Trinajstić information content (AvgIpc) is 2.68. The van der Waals surface area contributed by atoms with E-state index in [-0.39, 0.29) is 5.91 Å². The first-order valence-electron chi connectivity index (χ1n) is 10.2. The number of nitrogens with zero attached hydrogens (tertiary/aromatic N) is 1. The lowest BCUT2D eigenvalue weighted by Gasteiger charge is -2.40. The molecule has 3 aliphatic rings. The van der Waals surface area contributed by atoms with E-state index in [2.05, 4.69) is 22.1 Å². The molecule has 0 radical (unpaired) electrons. The van der Waals surface area contributed by atoms with Crippen molar-refractivity contribution in [2.24, 2.45) is 28.6 Å². The largest absolute Gasteiger partial charge is 0.425 e. The van der Waals surface area contributed by atoms with Crippen molar-refractivity contribution >= 4 is 11.6 Å². The van der Waals surface area contributed by atoms with Crippen LogP contribution in [0.2, 0.25) is 0 Å². The first-order valence-corrected chi connectivity index (χ1v) is 10.2. The lowest BCUT2D eigenvalue weighted by atomic mass is 9.64. The van der Waals surface area contributed by atoms with Crippen molar-refractivity contribution in [1.82, 2.24) is 0 Å². The van der Waals surface area contributed by atoms with Gasteiger partial charge in [-0.05, 0) is 67.9 Å². The van der Waals surface area contributed by atoms with Gasteiger partial charge < -0.3 is 10.6 Å². The Kier molecular flexibility index (Phi) is 5.47. The summed E-state index contributed by atoms with van der Waals surface area (Å²) >= 11 is 0. The molecule has 0 fully saturated rings. The van der Waals surface area contributed by atoms with Gasteiger partial charge in [0, 0.05) is 11.1 Å². The number of oxime groups is 1. The molecule has 1 amide bonds. The van der Waals surface area contributed by atoms with Crippen LogP contribution in [-0.2, 0) is 22.5 Å². The van der Waals surface area contributed by atoms with E-state index in [0.717, 1.165) is 42.4 Å². The van der Waals surface area contributed by atoms with Crippen LogP contribution in [0.15, 0.2) is 46.7 Å². The Balaban J connectivity index is 1.55. The SMILES string of the molecule is CC(=NOCC(F)(F)F)c1cccc2c1CC1CC3CC=C(C(N)=O)CC3C=C1C2. The van der Waals surface area contributed by atoms with Gasteiger partial charge in [-0.25, -0.2) is 0 Å². The maximum atomic E-state index is 12.3. The molecule has 7 heteroatoms. The second-order valence-electron chi connectivity index (χ2n) is 8.52. The van der Waals surface area contributed by atoms with Crippen molar-refractivity contribution in [3.63, 3.8) is 0 Å². The summed E-state index contributed by atoms with van der Waals surface area (Å²) in [5.74, 6) is 0.940. The van der Waals surface area contributed by atoms with E-state index >= 15 is 0 Å². The van der Waals surface area contributed by atoms with Crippen LogP contribution in [0, 0.1) is 17.8 Å². The molecule has 4 nitrogen and oxygen atoms in total. The summed E-state index contributed by atoms with van der Waals surface area (Å²) in [4.78, 5) is 16.1. The average molecular weight is 418 g/mol. The zero-order chi connectivity index (χ0) is 21.5. The number of rotatable bonds is 4. The molecule has 0 aliphatic heterocycles. The number of carbonyl (C=O) groups is 1. The van der Waals surface area contributed by atoms with Gasteiger partial charge in [-0.3, -0.25) is 4.79 Å². The molecule has 4 rings (SSSR count). The van der Waals surface area contributed by atoms with Crippen molar-refractivity contribution in [2.45, 2.75) is 45.2 Å². The van der Waals surface area contributed by atoms with Crippen LogP contribution in [0.25, 0.3) is 0 Å². The van der Waals surface area contributed by atoms with Gasteiger partial charge >= 0.3 is 6.18 Å². The summed E-state index contributed by atoms with van der Waals surface area (Å²) in [5, 5.41) is 3.71. The second kappa shape index (κ2) is 7.93. The van der Waals surface area contributed by atoms with Gasteiger partial charge in [0.2, 0.25) is 12.5 Å². The van der Waals surface area contributed by atoms with Gasteiger partial charge in [0.1, 0.15) is 0 Å². The van der Waals surface area contributed by atoms with E-state index in [1.54, 1.807) is 6.92 Å². The smallest absolute Gasteiger partial charge is 0.386 e. The number of halogens is 3. The van der Waals surface area contributed by atoms with Crippen LogP contribution in [0.5, 0.6) is 0 Å². The molecule has 0 heterocycles. The zero-order valence-electron chi connectivity index (χ0n) is 16.8. The molecule has 0 saturated heterocycles. The standard InChI is InChI=1S/C23H25F3N2O2/c1-13(28-30-12-23(24,25)26)20-4-2-3-15-8-18-10-17-9-16(22(27)29)6-5-14(17)7-19(18)11-21(15)20/h2-4,6,10,14,17,19H,5,7-9,11-12H2,1H3,(H2,27,29). The minimum Gasteiger partial charge on any atom is -0.386 e. The minimum absolute atomic E-state index is 0.324. The predicted molar refractivity (Wildman–Crippen MR) is 108 cm³/mol. The van der Waals surface area contributed by atoms with Gasteiger partial charge in [0.25, 0.3) is 0 Å². The topological polar surface area (TPSA) is 64.7 Å². The molecular formula is C23H25F3N2O2. The number of alkyl halides is 3. The summed E-state index contributed by atoms with van der Waals surface area (Å²) in [5.41, 5.74) is 11.3. The van der Waals surface area contributed by atoms with Crippen LogP contribution >= 0.6 is 0 Å². The number of fused-ring (bicyclic) bond motifs is 3. The van der Waals surface area contributed by atoms with Gasteiger partial charge in [0.15, 0.2) is 0 Å². The van der Waals surface area contributed by atoms with Gasteiger partial charge in [-0.2, -0.15) is 13.2 Å². The van der Waals surface area contributed by atoms with Crippen LogP contribution < -0.4 is 5.73 Å². The van der Waals surface area contributed by atoms with Crippen molar-refractivity contribution in [1.29, 1.82) is 0 Å². The minimum atomic E-state index is -4.40. The van der Waals surface area contributed by atoms with Crippen LogP contribution in [0.1, 0.15) is 42.9 Å². The number of hydrogen-bond donors (Lipinski definition) is 1. The van der Waals surface area contributed by atoms with Crippen molar-refractivity contribution in [3.8, 4) is 0 Å². The summed E-state index contributed by atoms with van der Waals surface area (Å²) in [6.07, 6.45) is 4.23. The Labute approximate surface area is 173 Å². The number of allylic oxidation sites excluding steroid dienone is 3. The highest BCUT2D eigenvalue weighted by Crippen LogP contribution is 2.46. The molecule has 0 spiro atoms. The molecule has 3 unspecified atom stereocenters. The van der Waals surface area contributed by atoms with Crippen molar-refractivity contribution in [3.05, 3.63) is 58.2 Å². The highest BCUT2D eigenvalue weighted by Gasteiger charge is 2.36. The van der Waals surface area contributed by atoms with Crippen LogP contribution in [-0.4, -0.2) is 24.4 Å². The molecule has 0 bridgehead atoms. The summed E-state index contributed by atoms with van der Waals surface area (Å²) in [6, 6.07) is 5.89. The highest BCUT2D eigenvalue weighted by molar-refractivity contribution is 6.00. The first kappa shape index (κ1) is 20.7. The highest BCUT2D eigenvalue weighted by atomic mass is 19.4. The Morgan fingerprint density at radius 2 is 2.10 bits per heavy atom. The quantitative estimate of drug-likeness (QED) is 0.445. The monoisotopic (exact) mass is 418 g/mol. The molecule has 1 aromatic rings. The zero-order valence-corrected chi connectivity index (χ0v) is 16.8. The van der Waals surface area contributed by atoms with E-state index in [1.807, 2.05) is 18.2 Å². The van der Waals surface area contributed by atoms with E-state index in [0.29, 0.717) is 29.9 Å². The third-order valence-electron chi connectivity index (χ3n) is 6.52. The van der Waals surface area contributed by atoms with Gasteiger partial charge in [-0.1, -0.05) is 41.1 Å². The fourth-order valence-electron chi connectivity index (χ4n) is 5.08. The maximum absolute atomic E-state index is 12.3. The third kappa shape index (κ3) is 4.30. The molecule has 3 aliphatic carbocycles. The molecule has 0 saturated carbocycles. The number of amides is 1. The normalized spacial score (nSPS) is 26.0. The molecule has 1 aromatic carbocycles. The number of nitrogens with two attached hydrogens (primary N) is 1. The first-order chi connectivity index (χ1) is 14.2. The van der Waals surface area contributed by atoms with Crippen LogP contribution in [0.3, 0.4) is 0 Å². The molecule has 30 heavy (non-hydrogen) atoms. The van der Waals surface area contributed by atoms with E-state index < -0.39 is 12.8 Å². The second-order valence-corrected chi connectivity index (χ2v) is 8.52. The third-order valence-corrected chi connectivity index (χ3v) is 6.52. The van der Waals surface area contributed by atoms with Gasteiger partial charge in [0.05, 0.1) is 5.71 Å². The maximum Gasteiger partial charge on any atom is 0.425 e. The Morgan fingerprint density at radius 3 is 2.83 bits per heavy atom. The Bertz CT molecular complexity index is 946. The van der Waals surface area contributed by atoms with Crippen LogP contribution in [0.4, 0.5) is 13.2 Å². The van der Waals surface area contributed by atoms with Crippen molar-refractivity contribution < 1.29 is 22.8 Å². The van der Waals surface area contributed by atoms with E-state index in [1.165, 1.54) is 11.1 Å². The predicted octanol–water partition coefficient (Wildman–Crippen LogP) is 4.47. The molecule has 3 atom stereocenters. The summed E-state index contributed by atoms with van der Waals surface area (Å²) in [6.45, 7) is 0.296. The van der Waals surface area contributed by atoms with E-state index in [9.17, 15) is 18.0 Å². The Morgan fingerprint density at radius 1 is 1.30 bits per heavy atom. The molecule has 0 aromatic heterocycles. The lowest BCUT2D eigenvalue weighted by molar-refractivity contribution is -0.173. The Hall–Kier alpha value is -2.57. The molecule has 160 valence electrons. The number of primary amides is 1. The number of hydrogen-bond acceptors (Lipinski definition) is 3. The molecular weight excluding hydrogens is 393 g/mol. The lowest BCUT2D eigenvalue weighted by Crippen LogP contribution is -2.32. The van der Waals surface area contributed by atoms with E-state index in [4.69, 9.17) is 5.73 Å².